The molecule has 3 saturated heterocycles. The fourth-order valence-electron chi connectivity index (χ4n) is 4.05. The van der Waals surface area contributed by atoms with Crippen molar-refractivity contribution in [3.8, 4) is 0 Å². The van der Waals surface area contributed by atoms with E-state index in [0.29, 0.717) is 6.04 Å². The first-order valence-electron chi connectivity index (χ1n) is 7.42. The lowest BCUT2D eigenvalue weighted by Crippen LogP contribution is -2.56. The van der Waals surface area contributed by atoms with Crippen molar-refractivity contribution in [2.45, 2.75) is 63.1 Å². The Morgan fingerprint density at radius 1 is 1.00 bits per heavy atom. The van der Waals surface area contributed by atoms with Gasteiger partial charge < -0.3 is 5.73 Å². The molecule has 0 aromatic carbocycles. The maximum atomic E-state index is 6.19. The average molecular weight is 254 g/mol. The van der Waals surface area contributed by atoms with E-state index >= 15 is 0 Å². The molecule has 98 valence electrons. The molecular formula is C14H26N2S. The first-order chi connectivity index (χ1) is 8.33. The zero-order valence-electron chi connectivity index (χ0n) is 10.8. The molecule has 0 aliphatic carbocycles. The summed E-state index contributed by atoms with van der Waals surface area (Å²) in [5, 5.41) is 0. The second kappa shape index (κ2) is 5.50. The maximum absolute atomic E-state index is 6.19. The van der Waals surface area contributed by atoms with Crippen LogP contribution in [0, 0.1) is 5.92 Å². The molecule has 3 fully saturated rings. The zero-order valence-corrected chi connectivity index (χ0v) is 11.6. The van der Waals surface area contributed by atoms with Crippen molar-refractivity contribution in [2.75, 3.05) is 18.1 Å². The first kappa shape index (κ1) is 12.3. The Bertz CT molecular complexity index is 239. The van der Waals surface area contributed by atoms with Gasteiger partial charge in [-0.2, -0.15) is 11.8 Å². The van der Waals surface area contributed by atoms with E-state index in [1.807, 2.05) is 0 Å². The third kappa shape index (κ3) is 2.82. The second-order valence-electron chi connectivity index (χ2n) is 6.22. The monoisotopic (exact) mass is 254 g/mol. The van der Waals surface area contributed by atoms with Gasteiger partial charge in [0.1, 0.15) is 0 Å². The van der Waals surface area contributed by atoms with Crippen LogP contribution >= 0.6 is 11.8 Å². The van der Waals surface area contributed by atoms with Crippen molar-refractivity contribution in [3.05, 3.63) is 0 Å². The van der Waals surface area contributed by atoms with Crippen molar-refractivity contribution < 1.29 is 0 Å². The van der Waals surface area contributed by atoms with Crippen LogP contribution < -0.4 is 5.73 Å². The molecule has 0 aromatic heterocycles. The van der Waals surface area contributed by atoms with E-state index in [9.17, 15) is 0 Å². The van der Waals surface area contributed by atoms with Gasteiger partial charge in [0.05, 0.1) is 0 Å². The Morgan fingerprint density at radius 3 is 2.29 bits per heavy atom. The molecule has 0 radical (unpaired) electrons. The lowest BCUT2D eigenvalue weighted by atomic mass is 9.81. The van der Waals surface area contributed by atoms with Crippen LogP contribution in [0.5, 0.6) is 0 Å². The summed E-state index contributed by atoms with van der Waals surface area (Å²) in [4.78, 5) is 2.85. The summed E-state index contributed by atoms with van der Waals surface area (Å²) in [6.45, 7) is 1.38. The van der Waals surface area contributed by atoms with Crippen molar-refractivity contribution >= 4 is 11.8 Å². The van der Waals surface area contributed by atoms with Crippen LogP contribution in [0.4, 0.5) is 0 Å². The summed E-state index contributed by atoms with van der Waals surface area (Å²) in [6.07, 6.45) is 9.69. The maximum Gasteiger partial charge on any atom is 0.0113 e. The molecule has 2 nitrogen and oxygen atoms in total. The van der Waals surface area contributed by atoms with Crippen LogP contribution in [-0.4, -0.2) is 41.1 Å². The summed E-state index contributed by atoms with van der Waals surface area (Å²) in [6, 6.07) is 2.14. The summed E-state index contributed by atoms with van der Waals surface area (Å²) in [7, 11) is 0. The average Bonchev–Trinajstić information content (AvgIpc) is 2.32. The fraction of sp³-hybridized carbons (Fsp3) is 1.00. The first-order valence-corrected chi connectivity index (χ1v) is 8.57. The Morgan fingerprint density at radius 2 is 1.65 bits per heavy atom. The lowest BCUT2D eigenvalue weighted by Gasteiger charge is -2.49. The molecule has 0 amide bonds. The Labute approximate surface area is 110 Å². The van der Waals surface area contributed by atoms with Crippen LogP contribution in [0.25, 0.3) is 0 Å². The van der Waals surface area contributed by atoms with Gasteiger partial charge in [-0.3, -0.25) is 4.90 Å². The van der Waals surface area contributed by atoms with Gasteiger partial charge in [-0.05, 0) is 55.9 Å². The van der Waals surface area contributed by atoms with Gasteiger partial charge >= 0.3 is 0 Å². The summed E-state index contributed by atoms with van der Waals surface area (Å²) in [5.41, 5.74) is 6.19. The molecule has 3 aliphatic rings. The van der Waals surface area contributed by atoms with Gasteiger partial charge in [0.2, 0.25) is 0 Å². The molecule has 2 atom stereocenters. The molecule has 2 bridgehead atoms. The van der Waals surface area contributed by atoms with Crippen LogP contribution in [0.2, 0.25) is 0 Å². The molecule has 0 aromatic rings. The Kier molecular flexibility index (Phi) is 3.98. The minimum absolute atomic E-state index is 0.489. The van der Waals surface area contributed by atoms with Crippen LogP contribution in [-0.2, 0) is 0 Å². The van der Waals surface area contributed by atoms with E-state index in [1.54, 1.807) is 0 Å². The minimum atomic E-state index is 0.489. The summed E-state index contributed by atoms with van der Waals surface area (Å²) < 4.78 is 0. The van der Waals surface area contributed by atoms with Crippen molar-refractivity contribution in [1.82, 2.24) is 4.90 Å². The van der Waals surface area contributed by atoms with Gasteiger partial charge in [0, 0.05) is 24.7 Å². The molecular weight excluding hydrogens is 228 g/mol. The smallest absolute Gasteiger partial charge is 0.0113 e. The highest BCUT2D eigenvalue weighted by molar-refractivity contribution is 7.99. The van der Waals surface area contributed by atoms with Crippen LogP contribution in [0.3, 0.4) is 0 Å². The molecule has 3 rings (SSSR count). The molecule has 0 spiro atoms. The van der Waals surface area contributed by atoms with Gasteiger partial charge in [0.25, 0.3) is 0 Å². The normalized spacial score (nSPS) is 40.4. The number of nitrogens with two attached hydrogens (primary N) is 1. The van der Waals surface area contributed by atoms with E-state index in [2.05, 4.69) is 16.7 Å². The van der Waals surface area contributed by atoms with Crippen molar-refractivity contribution in [3.63, 3.8) is 0 Å². The number of rotatable bonds is 2. The molecule has 2 unspecified atom stereocenters. The topological polar surface area (TPSA) is 29.3 Å². The molecule has 3 heterocycles. The molecule has 17 heavy (non-hydrogen) atoms. The molecule has 2 N–H and O–H groups in total. The minimum Gasteiger partial charge on any atom is -0.328 e. The lowest BCUT2D eigenvalue weighted by molar-refractivity contribution is 0.0175. The standard InChI is InChI=1S/C14H26N2S/c15-12-8-13-2-1-3-14(9-12)16(13)10-11-4-6-17-7-5-11/h11-14H,1-10,15H2. The van der Waals surface area contributed by atoms with Crippen molar-refractivity contribution in [1.29, 1.82) is 0 Å². The number of hydrogen-bond acceptors (Lipinski definition) is 3. The third-order valence-electron chi connectivity index (χ3n) is 4.97. The predicted octanol–water partition coefficient (Wildman–Crippen LogP) is 2.47. The Hall–Kier alpha value is 0.270. The number of hydrogen-bond donors (Lipinski definition) is 1. The predicted molar refractivity (Wildman–Crippen MR) is 75.4 cm³/mol. The van der Waals surface area contributed by atoms with Gasteiger partial charge in [0.15, 0.2) is 0 Å². The van der Waals surface area contributed by atoms with Crippen LogP contribution in [0.1, 0.15) is 44.9 Å². The number of thioether (sulfide) groups is 1. The SMILES string of the molecule is NC1CC2CCCC(C1)N2CC1CCSCC1. The third-order valence-corrected chi connectivity index (χ3v) is 6.02. The quantitative estimate of drug-likeness (QED) is 0.821. The second-order valence-corrected chi connectivity index (χ2v) is 7.45. The van der Waals surface area contributed by atoms with E-state index in [-0.39, 0.29) is 0 Å². The van der Waals surface area contributed by atoms with Crippen LogP contribution in [0.15, 0.2) is 0 Å². The van der Waals surface area contributed by atoms with E-state index in [1.165, 1.54) is 63.0 Å². The highest BCUT2D eigenvalue weighted by Gasteiger charge is 2.37. The summed E-state index contributed by atoms with van der Waals surface area (Å²) >= 11 is 2.14. The number of nitrogens with zero attached hydrogens (tertiary/aromatic N) is 1. The highest BCUT2D eigenvalue weighted by Crippen LogP contribution is 2.35. The fourth-order valence-corrected chi connectivity index (χ4v) is 5.25. The van der Waals surface area contributed by atoms with E-state index in [0.717, 1.165) is 18.0 Å². The van der Waals surface area contributed by atoms with Gasteiger partial charge in [-0.25, -0.2) is 0 Å². The van der Waals surface area contributed by atoms with Crippen molar-refractivity contribution in [2.24, 2.45) is 11.7 Å². The largest absolute Gasteiger partial charge is 0.328 e. The summed E-state index contributed by atoms with van der Waals surface area (Å²) in [5.74, 6) is 3.77. The van der Waals surface area contributed by atoms with Gasteiger partial charge in [-0.1, -0.05) is 6.42 Å². The molecule has 0 saturated carbocycles. The van der Waals surface area contributed by atoms with Gasteiger partial charge in [-0.15, -0.1) is 0 Å². The van der Waals surface area contributed by atoms with E-state index < -0.39 is 0 Å². The van der Waals surface area contributed by atoms with E-state index in [4.69, 9.17) is 5.73 Å². The number of fused-ring (bicyclic) bond motifs is 2. The molecule has 3 aliphatic heterocycles. The Balaban J connectivity index is 1.61. The number of piperidine rings is 2. The zero-order chi connectivity index (χ0) is 11.7. The molecule has 3 heteroatoms. The highest BCUT2D eigenvalue weighted by atomic mass is 32.2.